The monoisotopic (exact) mass is 412 g/mol. The highest BCUT2D eigenvalue weighted by Gasteiger charge is 2.32. The summed E-state index contributed by atoms with van der Waals surface area (Å²) in [6.45, 7) is 7.30. The number of pyridine rings is 1. The lowest BCUT2D eigenvalue weighted by atomic mass is 10.0. The van der Waals surface area contributed by atoms with Crippen molar-refractivity contribution in [2.45, 2.75) is 32.2 Å². The van der Waals surface area contributed by atoms with E-state index >= 15 is 0 Å². The van der Waals surface area contributed by atoms with Crippen LogP contribution in [-0.4, -0.2) is 54.6 Å². The van der Waals surface area contributed by atoms with Gasteiger partial charge in [0.05, 0.1) is 5.52 Å². The van der Waals surface area contributed by atoms with Crippen molar-refractivity contribution in [2.75, 3.05) is 42.5 Å². The van der Waals surface area contributed by atoms with Gasteiger partial charge in [0.25, 0.3) is 5.91 Å². The van der Waals surface area contributed by atoms with E-state index in [-0.39, 0.29) is 5.91 Å². The standard InChI is InChI=1S/C26H28N4O/c1-18-4-6-19(7-5-18)26(31)30-12-9-20-15-23-22(16-25(20)30)24(8-10-27-23)29-14-13-28-11-2-3-21(28)17-29/h4-8,10,15-16,21H,2-3,9,11-14,17H2,1H3/t21-/m0/s1. The maximum absolute atomic E-state index is 13.3. The van der Waals surface area contributed by atoms with Crippen LogP contribution in [0.2, 0.25) is 0 Å². The molecule has 1 amide bonds. The van der Waals surface area contributed by atoms with E-state index in [1.807, 2.05) is 42.3 Å². The number of carbonyl (C=O) groups excluding carboxylic acids is 1. The van der Waals surface area contributed by atoms with Crippen LogP contribution in [0.5, 0.6) is 0 Å². The third-order valence-corrected chi connectivity index (χ3v) is 7.29. The Balaban J connectivity index is 1.37. The summed E-state index contributed by atoms with van der Waals surface area (Å²) >= 11 is 0. The van der Waals surface area contributed by atoms with E-state index in [1.165, 1.54) is 36.2 Å². The highest BCUT2D eigenvalue weighted by molar-refractivity contribution is 6.09. The highest BCUT2D eigenvalue weighted by atomic mass is 16.2. The first-order valence-corrected chi connectivity index (χ1v) is 11.5. The molecular weight excluding hydrogens is 384 g/mol. The zero-order valence-electron chi connectivity index (χ0n) is 18.1. The number of aryl methyl sites for hydroxylation is 1. The molecule has 0 saturated carbocycles. The van der Waals surface area contributed by atoms with Crippen LogP contribution in [0.25, 0.3) is 10.9 Å². The fourth-order valence-electron chi connectivity index (χ4n) is 5.56. The number of carbonyl (C=O) groups is 1. The van der Waals surface area contributed by atoms with Crippen molar-refractivity contribution < 1.29 is 4.79 Å². The number of nitrogens with zero attached hydrogens (tertiary/aromatic N) is 4. The molecule has 0 unspecified atom stereocenters. The van der Waals surface area contributed by atoms with Crippen molar-refractivity contribution >= 4 is 28.2 Å². The molecular formula is C26H28N4O. The van der Waals surface area contributed by atoms with Crippen LogP contribution in [0.15, 0.2) is 48.7 Å². The SMILES string of the molecule is Cc1ccc(C(=O)N2CCc3cc4nccc(N5CCN6CCC[C@H]6C5)c4cc32)cc1. The zero-order valence-corrected chi connectivity index (χ0v) is 18.1. The van der Waals surface area contributed by atoms with Crippen LogP contribution in [-0.2, 0) is 6.42 Å². The number of anilines is 2. The van der Waals surface area contributed by atoms with Gasteiger partial charge >= 0.3 is 0 Å². The van der Waals surface area contributed by atoms with E-state index in [9.17, 15) is 4.79 Å². The second kappa shape index (κ2) is 7.34. The van der Waals surface area contributed by atoms with Gasteiger partial charge in [-0.2, -0.15) is 0 Å². The molecule has 5 heteroatoms. The van der Waals surface area contributed by atoms with Crippen LogP contribution in [0.3, 0.4) is 0 Å². The van der Waals surface area contributed by atoms with Gasteiger partial charge < -0.3 is 9.80 Å². The Morgan fingerprint density at radius 1 is 1.00 bits per heavy atom. The number of hydrogen-bond acceptors (Lipinski definition) is 4. The molecule has 2 fully saturated rings. The van der Waals surface area contributed by atoms with Crippen LogP contribution >= 0.6 is 0 Å². The lowest BCUT2D eigenvalue weighted by Gasteiger charge is -2.39. The average molecular weight is 413 g/mol. The molecule has 158 valence electrons. The Hall–Kier alpha value is -2.92. The van der Waals surface area contributed by atoms with Gasteiger partial charge in [-0.1, -0.05) is 17.7 Å². The summed E-state index contributed by atoms with van der Waals surface area (Å²) in [4.78, 5) is 25.1. The lowest BCUT2D eigenvalue weighted by Crippen LogP contribution is -2.50. The fraction of sp³-hybridized carbons (Fsp3) is 0.385. The first kappa shape index (κ1) is 18.8. The second-order valence-electron chi connectivity index (χ2n) is 9.18. The third-order valence-electron chi connectivity index (χ3n) is 7.29. The summed E-state index contributed by atoms with van der Waals surface area (Å²) in [5.74, 6) is 0.0862. The molecule has 0 N–H and O–H groups in total. The molecule has 3 aliphatic heterocycles. The minimum Gasteiger partial charge on any atom is -0.368 e. The minimum atomic E-state index is 0.0862. The molecule has 4 heterocycles. The zero-order chi connectivity index (χ0) is 20.9. The maximum atomic E-state index is 13.3. The number of fused-ring (bicyclic) bond motifs is 3. The topological polar surface area (TPSA) is 39.7 Å². The molecule has 6 rings (SSSR count). The number of aromatic nitrogens is 1. The van der Waals surface area contributed by atoms with Crippen molar-refractivity contribution in [2.24, 2.45) is 0 Å². The largest absolute Gasteiger partial charge is 0.368 e. The van der Waals surface area contributed by atoms with Crippen LogP contribution in [0.4, 0.5) is 11.4 Å². The van der Waals surface area contributed by atoms with Gasteiger partial charge in [-0.05, 0) is 68.6 Å². The van der Waals surface area contributed by atoms with E-state index in [0.717, 1.165) is 54.8 Å². The maximum Gasteiger partial charge on any atom is 0.258 e. The highest BCUT2D eigenvalue weighted by Crippen LogP contribution is 2.37. The molecule has 0 bridgehead atoms. The quantitative estimate of drug-likeness (QED) is 0.637. The number of amides is 1. The fourth-order valence-corrected chi connectivity index (χ4v) is 5.56. The first-order chi connectivity index (χ1) is 15.2. The third kappa shape index (κ3) is 3.19. The lowest BCUT2D eigenvalue weighted by molar-refractivity contribution is 0.0989. The summed E-state index contributed by atoms with van der Waals surface area (Å²) in [5.41, 5.74) is 6.48. The molecule has 1 atom stereocenters. The summed E-state index contributed by atoms with van der Waals surface area (Å²) < 4.78 is 0. The van der Waals surface area contributed by atoms with Gasteiger partial charge in [-0.15, -0.1) is 0 Å². The molecule has 2 saturated heterocycles. The number of piperazine rings is 1. The van der Waals surface area contributed by atoms with Gasteiger partial charge in [0.2, 0.25) is 0 Å². The predicted octanol–water partition coefficient (Wildman–Crippen LogP) is 4.03. The van der Waals surface area contributed by atoms with Crippen LogP contribution in [0, 0.1) is 6.92 Å². The van der Waals surface area contributed by atoms with Gasteiger partial charge in [0, 0.05) is 60.7 Å². The molecule has 2 aromatic carbocycles. The van der Waals surface area contributed by atoms with E-state index in [4.69, 9.17) is 0 Å². The molecule has 0 radical (unpaired) electrons. The minimum absolute atomic E-state index is 0.0862. The molecule has 3 aromatic rings. The molecule has 5 nitrogen and oxygen atoms in total. The summed E-state index contributed by atoms with van der Waals surface area (Å²) in [5, 5.41) is 1.16. The molecule has 0 aliphatic carbocycles. The number of hydrogen-bond donors (Lipinski definition) is 0. The van der Waals surface area contributed by atoms with Gasteiger partial charge in [0.1, 0.15) is 0 Å². The molecule has 1 aromatic heterocycles. The summed E-state index contributed by atoms with van der Waals surface area (Å²) in [6.07, 6.45) is 5.44. The van der Waals surface area contributed by atoms with Crippen LogP contribution in [0.1, 0.15) is 34.3 Å². The van der Waals surface area contributed by atoms with Crippen molar-refractivity contribution in [3.8, 4) is 0 Å². The first-order valence-electron chi connectivity index (χ1n) is 11.5. The van der Waals surface area contributed by atoms with Gasteiger partial charge in [-0.3, -0.25) is 14.7 Å². The average Bonchev–Trinajstić information content (AvgIpc) is 3.43. The number of benzene rings is 2. The van der Waals surface area contributed by atoms with E-state index in [2.05, 4.69) is 33.0 Å². The molecule has 3 aliphatic rings. The van der Waals surface area contributed by atoms with Gasteiger partial charge in [0.15, 0.2) is 0 Å². The Morgan fingerprint density at radius 2 is 1.87 bits per heavy atom. The smallest absolute Gasteiger partial charge is 0.258 e. The van der Waals surface area contributed by atoms with E-state index in [0.29, 0.717) is 6.04 Å². The van der Waals surface area contributed by atoms with E-state index in [1.54, 1.807) is 0 Å². The van der Waals surface area contributed by atoms with Crippen molar-refractivity contribution in [1.82, 2.24) is 9.88 Å². The van der Waals surface area contributed by atoms with E-state index < -0.39 is 0 Å². The number of rotatable bonds is 2. The Morgan fingerprint density at radius 3 is 2.74 bits per heavy atom. The predicted molar refractivity (Wildman–Crippen MR) is 125 cm³/mol. The summed E-state index contributed by atoms with van der Waals surface area (Å²) in [7, 11) is 0. The molecule has 31 heavy (non-hydrogen) atoms. The van der Waals surface area contributed by atoms with Crippen LogP contribution < -0.4 is 9.80 Å². The normalized spacial score (nSPS) is 20.9. The van der Waals surface area contributed by atoms with Crippen molar-refractivity contribution in [3.63, 3.8) is 0 Å². The Labute approximate surface area is 183 Å². The Bertz CT molecular complexity index is 1160. The second-order valence-corrected chi connectivity index (χ2v) is 9.18. The van der Waals surface area contributed by atoms with Crippen molar-refractivity contribution in [3.05, 3.63) is 65.4 Å². The molecule has 0 spiro atoms. The summed E-state index contributed by atoms with van der Waals surface area (Å²) in [6, 6.07) is 15.1. The van der Waals surface area contributed by atoms with Gasteiger partial charge in [-0.25, -0.2) is 0 Å². The van der Waals surface area contributed by atoms with Crippen molar-refractivity contribution in [1.29, 1.82) is 0 Å². The Kier molecular flexibility index (Phi) is 4.46.